The molecular weight excluding hydrogens is 491 g/mol. The van der Waals surface area contributed by atoms with Crippen LogP contribution in [0.2, 0.25) is 0 Å². The molecule has 0 radical (unpaired) electrons. The van der Waals surface area contributed by atoms with Crippen LogP contribution in [-0.4, -0.2) is 9.97 Å². The lowest BCUT2D eigenvalue weighted by molar-refractivity contribution is 0.504. The lowest BCUT2D eigenvalue weighted by Gasteiger charge is -2.18. The van der Waals surface area contributed by atoms with Crippen LogP contribution in [-0.2, 0) is 0 Å². The number of fused-ring (bicyclic) bond motifs is 2. The molecule has 39 heavy (non-hydrogen) atoms. The Morgan fingerprint density at radius 2 is 0.949 bits per heavy atom. The molecule has 2 aromatic heterocycles. The van der Waals surface area contributed by atoms with Gasteiger partial charge in [-0.2, -0.15) is 0 Å². The Morgan fingerprint density at radius 1 is 0.462 bits per heavy atom. The summed E-state index contributed by atoms with van der Waals surface area (Å²) in [6.45, 7) is 0. The summed E-state index contributed by atoms with van der Waals surface area (Å²) in [6.07, 6.45) is 12.7. The Kier molecular flexibility index (Phi) is 7.75. The van der Waals surface area contributed by atoms with E-state index in [4.69, 9.17) is 0 Å². The first kappa shape index (κ1) is 25.4. The largest absolute Gasteiger partial charge is 0.256 e. The maximum atomic E-state index is 4.50. The minimum absolute atomic E-state index is 1.01. The first-order valence-corrected chi connectivity index (χ1v) is 14.5. The summed E-state index contributed by atoms with van der Waals surface area (Å²) in [6, 6.07) is 36.4. The van der Waals surface area contributed by atoms with E-state index in [1.165, 1.54) is 77.2 Å². The van der Waals surface area contributed by atoms with Crippen LogP contribution in [0.1, 0.15) is 38.5 Å². The van der Waals surface area contributed by atoms with Crippen molar-refractivity contribution in [2.45, 2.75) is 38.5 Å². The van der Waals surface area contributed by atoms with Crippen molar-refractivity contribution in [3.63, 3.8) is 0 Å². The van der Waals surface area contributed by atoms with E-state index in [2.05, 4.69) is 110 Å². The standard InChI is InChI=1S/C30H21N2P.C6H12/c33-29-11-2-1-8-26(29)30-24(20-12-14-27-22(18-20)6-4-16-31-27)9-3-10-25(30)21-13-15-28-23(19-21)7-5-17-32-28;1-2-4-6-5-3-1/h1-19H,33H2;1-6H2. The molecule has 0 amide bonds. The maximum Gasteiger partial charge on any atom is 0.0702 e. The van der Waals surface area contributed by atoms with Crippen LogP contribution in [0.15, 0.2) is 116 Å². The lowest BCUT2D eigenvalue weighted by Crippen LogP contribution is -1.99. The van der Waals surface area contributed by atoms with Crippen molar-refractivity contribution >= 4 is 36.4 Å². The Morgan fingerprint density at radius 3 is 1.46 bits per heavy atom. The maximum absolute atomic E-state index is 4.50. The molecule has 7 rings (SSSR count). The number of benzene rings is 4. The quantitative estimate of drug-likeness (QED) is 0.215. The molecule has 1 atom stereocenters. The Bertz CT molecular complexity index is 1630. The van der Waals surface area contributed by atoms with E-state index >= 15 is 0 Å². The third-order valence-electron chi connectivity index (χ3n) is 7.62. The fourth-order valence-corrected chi connectivity index (χ4v) is 5.95. The smallest absolute Gasteiger partial charge is 0.0702 e. The molecule has 0 aliphatic heterocycles. The summed E-state index contributed by atoms with van der Waals surface area (Å²) in [5.74, 6) is 0. The minimum Gasteiger partial charge on any atom is -0.256 e. The topological polar surface area (TPSA) is 25.8 Å². The molecule has 4 aromatic carbocycles. The van der Waals surface area contributed by atoms with Gasteiger partial charge in [0.1, 0.15) is 0 Å². The highest BCUT2D eigenvalue weighted by atomic mass is 31.0. The van der Waals surface area contributed by atoms with Crippen LogP contribution in [0.4, 0.5) is 0 Å². The van der Waals surface area contributed by atoms with Gasteiger partial charge in [0, 0.05) is 23.2 Å². The fourth-order valence-electron chi connectivity index (χ4n) is 5.60. The normalized spacial score (nSPS) is 13.2. The van der Waals surface area contributed by atoms with Gasteiger partial charge in [0.2, 0.25) is 0 Å². The van der Waals surface area contributed by atoms with Gasteiger partial charge in [0.15, 0.2) is 0 Å². The van der Waals surface area contributed by atoms with Gasteiger partial charge in [-0.25, -0.2) is 0 Å². The molecule has 0 bridgehead atoms. The number of nitrogens with zero attached hydrogens (tertiary/aromatic N) is 2. The molecule has 1 aliphatic carbocycles. The van der Waals surface area contributed by atoms with Crippen molar-refractivity contribution in [1.29, 1.82) is 0 Å². The predicted molar refractivity (Wildman–Crippen MR) is 170 cm³/mol. The van der Waals surface area contributed by atoms with Crippen molar-refractivity contribution in [3.05, 3.63) is 116 Å². The second kappa shape index (κ2) is 11.9. The van der Waals surface area contributed by atoms with Crippen molar-refractivity contribution in [2.24, 2.45) is 0 Å². The summed E-state index contributed by atoms with van der Waals surface area (Å²) in [5, 5.41) is 3.46. The molecule has 192 valence electrons. The summed E-state index contributed by atoms with van der Waals surface area (Å²) in [5.41, 5.74) is 9.24. The molecule has 6 aromatic rings. The summed E-state index contributed by atoms with van der Waals surface area (Å²) in [7, 11) is 2.91. The molecule has 0 spiro atoms. The molecule has 2 heterocycles. The predicted octanol–water partition coefficient (Wildman–Crippen LogP) is 9.62. The Hall–Kier alpha value is -3.87. The van der Waals surface area contributed by atoms with E-state index in [1.54, 1.807) is 0 Å². The van der Waals surface area contributed by atoms with Crippen molar-refractivity contribution in [2.75, 3.05) is 0 Å². The molecule has 1 fully saturated rings. The van der Waals surface area contributed by atoms with Gasteiger partial charge in [-0.15, -0.1) is 9.24 Å². The Labute approximate surface area is 233 Å². The average molecular weight is 525 g/mol. The minimum atomic E-state index is 1.01. The highest BCUT2D eigenvalue weighted by Crippen LogP contribution is 2.41. The zero-order valence-electron chi connectivity index (χ0n) is 22.2. The molecule has 2 nitrogen and oxygen atoms in total. The molecule has 1 unspecified atom stereocenters. The molecule has 1 aliphatic rings. The van der Waals surface area contributed by atoms with Gasteiger partial charge < -0.3 is 0 Å². The average Bonchev–Trinajstić information content (AvgIpc) is 3.02. The summed E-state index contributed by atoms with van der Waals surface area (Å²) in [4.78, 5) is 8.99. The summed E-state index contributed by atoms with van der Waals surface area (Å²) < 4.78 is 0. The first-order valence-electron chi connectivity index (χ1n) is 14.0. The molecule has 1 saturated carbocycles. The number of aromatic nitrogens is 2. The number of pyridine rings is 2. The third kappa shape index (κ3) is 5.63. The van der Waals surface area contributed by atoms with Crippen LogP contribution >= 0.6 is 9.24 Å². The highest BCUT2D eigenvalue weighted by molar-refractivity contribution is 7.28. The van der Waals surface area contributed by atoms with Gasteiger partial charge in [0.25, 0.3) is 0 Å². The second-order valence-electron chi connectivity index (χ2n) is 10.3. The van der Waals surface area contributed by atoms with E-state index in [0.29, 0.717) is 0 Å². The van der Waals surface area contributed by atoms with Crippen LogP contribution in [0, 0.1) is 0 Å². The zero-order valence-corrected chi connectivity index (χ0v) is 23.3. The van der Waals surface area contributed by atoms with Gasteiger partial charge in [-0.1, -0.05) is 105 Å². The zero-order chi connectivity index (χ0) is 26.4. The lowest BCUT2D eigenvalue weighted by atomic mass is 9.87. The van der Waals surface area contributed by atoms with Crippen LogP contribution < -0.4 is 5.30 Å². The van der Waals surface area contributed by atoms with E-state index in [9.17, 15) is 0 Å². The van der Waals surface area contributed by atoms with Gasteiger partial charge in [-0.3, -0.25) is 9.97 Å². The SMILES string of the molecule is C1CCCCC1.Pc1ccccc1-c1c(-c2ccc3ncccc3c2)cccc1-c1ccc2ncccc2c1. The first-order chi connectivity index (χ1) is 19.3. The number of rotatable bonds is 3. The van der Waals surface area contributed by atoms with E-state index in [0.717, 1.165) is 21.8 Å². The van der Waals surface area contributed by atoms with Crippen molar-refractivity contribution in [1.82, 2.24) is 9.97 Å². The second-order valence-corrected chi connectivity index (χ2v) is 10.9. The van der Waals surface area contributed by atoms with Crippen LogP contribution in [0.3, 0.4) is 0 Å². The molecule has 0 N–H and O–H groups in total. The van der Waals surface area contributed by atoms with Crippen LogP contribution in [0.25, 0.3) is 55.2 Å². The van der Waals surface area contributed by atoms with Gasteiger partial charge >= 0.3 is 0 Å². The van der Waals surface area contributed by atoms with Crippen molar-refractivity contribution in [3.8, 4) is 33.4 Å². The van der Waals surface area contributed by atoms with Crippen LogP contribution in [0.5, 0.6) is 0 Å². The molecule has 0 saturated heterocycles. The molecular formula is C36H33N2P. The fraction of sp³-hybridized carbons (Fsp3) is 0.167. The number of hydrogen-bond donors (Lipinski definition) is 0. The van der Waals surface area contributed by atoms with Gasteiger partial charge in [0.05, 0.1) is 11.0 Å². The highest BCUT2D eigenvalue weighted by Gasteiger charge is 2.16. The van der Waals surface area contributed by atoms with Gasteiger partial charge in [-0.05, 0) is 75.1 Å². The third-order valence-corrected chi connectivity index (χ3v) is 8.13. The van der Waals surface area contributed by atoms with Crippen molar-refractivity contribution < 1.29 is 0 Å². The number of hydrogen-bond acceptors (Lipinski definition) is 2. The summed E-state index contributed by atoms with van der Waals surface area (Å²) >= 11 is 0. The van der Waals surface area contributed by atoms with E-state index < -0.39 is 0 Å². The van der Waals surface area contributed by atoms with E-state index in [1.807, 2.05) is 24.5 Å². The molecule has 3 heteroatoms. The Balaban J connectivity index is 0.000000410. The monoisotopic (exact) mass is 524 g/mol. The van der Waals surface area contributed by atoms with E-state index in [-0.39, 0.29) is 0 Å².